The molecule has 0 aromatic heterocycles. The molecule has 1 N–H and O–H groups in total. The molecule has 1 atom stereocenters. The molecule has 0 fully saturated rings. The maximum absolute atomic E-state index is 3.76. The average molecular weight is 356 g/mol. The van der Waals surface area contributed by atoms with Gasteiger partial charge in [0.25, 0.3) is 0 Å². The SMILES string of the molecule is CCCCC(CSc1ccc(C(C)(C)C)cc1)NCc1ccccc1. The van der Waals surface area contributed by atoms with Crippen LogP contribution < -0.4 is 5.32 Å². The van der Waals surface area contributed by atoms with Crippen LogP contribution in [0.4, 0.5) is 0 Å². The highest BCUT2D eigenvalue weighted by molar-refractivity contribution is 7.99. The second kappa shape index (κ2) is 10.0. The van der Waals surface area contributed by atoms with E-state index in [1.165, 1.54) is 35.3 Å². The Morgan fingerprint density at radius 2 is 1.64 bits per heavy atom. The summed E-state index contributed by atoms with van der Waals surface area (Å²) in [5, 5.41) is 3.76. The Morgan fingerprint density at radius 3 is 2.24 bits per heavy atom. The smallest absolute Gasteiger partial charge is 0.0208 e. The van der Waals surface area contributed by atoms with E-state index in [1.54, 1.807) is 0 Å². The largest absolute Gasteiger partial charge is 0.309 e. The maximum Gasteiger partial charge on any atom is 0.0208 e. The van der Waals surface area contributed by atoms with Gasteiger partial charge in [0.15, 0.2) is 0 Å². The minimum atomic E-state index is 0.226. The van der Waals surface area contributed by atoms with Gasteiger partial charge in [-0.05, 0) is 35.1 Å². The predicted molar refractivity (Wildman–Crippen MR) is 112 cm³/mol. The van der Waals surface area contributed by atoms with Gasteiger partial charge < -0.3 is 5.32 Å². The quantitative estimate of drug-likeness (QED) is 0.520. The zero-order valence-corrected chi connectivity index (χ0v) is 17.0. The van der Waals surface area contributed by atoms with Gasteiger partial charge in [0.2, 0.25) is 0 Å². The van der Waals surface area contributed by atoms with Gasteiger partial charge in [-0.3, -0.25) is 0 Å². The van der Waals surface area contributed by atoms with E-state index in [9.17, 15) is 0 Å². The number of thioether (sulfide) groups is 1. The first-order chi connectivity index (χ1) is 12.0. The van der Waals surface area contributed by atoms with Crippen molar-refractivity contribution >= 4 is 11.8 Å². The summed E-state index contributed by atoms with van der Waals surface area (Å²) in [6, 6.07) is 20.4. The lowest BCUT2D eigenvalue weighted by atomic mass is 9.87. The molecular weight excluding hydrogens is 322 g/mol. The summed E-state index contributed by atoms with van der Waals surface area (Å²) in [5.74, 6) is 1.13. The Bertz CT molecular complexity index is 598. The van der Waals surface area contributed by atoms with E-state index in [0.29, 0.717) is 6.04 Å². The van der Waals surface area contributed by atoms with Crippen LogP contribution >= 0.6 is 11.8 Å². The average Bonchev–Trinajstić information content (AvgIpc) is 2.61. The van der Waals surface area contributed by atoms with E-state index in [0.717, 1.165) is 12.3 Å². The third-order valence-electron chi connectivity index (χ3n) is 4.52. The molecule has 25 heavy (non-hydrogen) atoms. The second-order valence-corrected chi connectivity index (χ2v) is 8.88. The van der Waals surface area contributed by atoms with Crippen LogP contribution in [-0.4, -0.2) is 11.8 Å². The fourth-order valence-electron chi connectivity index (χ4n) is 2.80. The van der Waals surface area contributed by atoms with Crippen molar-refractivity contribution in [1.29, 1.82) is 0 Å². The lowest BCUT2D eigenvalue weighted by molar-refractivity contribution is 0.501. The Labute approximate surface area is 158 Å². The maximum atomic E-state index is 3.76. The summed E-state index contributed by atoms with van der Waals surface area (Å²) < 4.78 is 0. The fraction of sp³-hybridized carbons (Fsp3) is 0.478. The van der Waals surface area contributed by atoms with Crippen LogP contribution in [0.1, 0.15) is 58.1 Å². The molecule has 0 spiro atoms. The van der Waals surface area contributed by atoms with Gasteiger partial charge in [-0.15, -0.1) is 11.8 Å². The molecule has 2 rings (SSSR count). The highest BCUT2D eigenvalue weighted by Gasteiger charge is 2.13. The normalized spacial score (nSPS) is 13.0. The summed E-state index contributed by atoms with van der Waals surface area (Å²) in [7, 11) is 0. The van der Waals surface area contributed by atoms with Gasteiger partial charge in [-0.2, -0.15) is 0 Å². The van der Waals surface area contributed by atoms with Gasteiger partial charge in [0.1, 0.15) is 0 Å². The number of hydrogen-bond acceptors (Lipinski definition) is 2. The summed E-state index contributed by atoms with van der Waals surface area (Å²) in [5.41, 5.74) is 2.99. The summed E-state index contributed by atoms with van der Waals surface area (Å²) >= 11 is 1.97. The van der Waals surface area contributed by atoms with Crippen LogP contribution in [0.15, 0.2) is 59.5 Å². The van der Waals surface area contributed by atoms with Crippen molar-refractivity contribution in [2.75, 3.05) is 5.75 Å². The van der Waals surface area contributed by atoms with E-state index >= 15 is 0 Å². The number of benzene rings is 2. The first-order valence-corrected chi connectivity index (χ1v) is 10.5. The highest BCUT2D eigenvalue weighted by atomic mass is 32.2. The minimum Gasteiger partial charge on any atom is -0.309 e. The number of hydrogen-bond donors (Lipinski definition) is 1. The standard InChI is InChI=1S/C23H33NS/c1-5-6-12-21(24-17-19-10-8-7-9-11-19)18-25-22-15-13-20(14-16-22)23(2,3)4/h7-11,13-16,21,24H,5-6,12,17-18H2,1-4H3. The van der Waals surface area contributed by atoms with Crippen molar-refractivity contribution in [3.05, 3.63) is 65.7 Å². The van der Waals surface area contributed by atoms with E-state index < -0.39 is 0 Å². The van der Waals surface area contributed by atoms with Gasteiger partial charge in [-0.1, -0.05) is 83.0 Å². The van der Waals surface area contributed by atoms with Crippen molar-refractivity contribution in [2.24, 2.45) is 0 Å². The van der Waals surface area contributed by atoms with E-state index in [2.05, 4.69) is 87.6 Å². The molecule has 0 radical (unpaired) electrons. The molecule has 0 aliphatic carbocycles. The molecule has 0 saturated heterocycles. The van der Waals surface area contributed by atoms with Gasteiger partial charge in [0.05, 0.1) is 0 Å². The van der Waals surface area contributed by atoms with Crippen molar-refractivity contribution in [3.63, 3.8) is 0 Å². The van der Waals surface area contributed by atoms with Crippen LogP contribution in [-0.2, 0) is 12.0 Å². The molecule has 1 nitrogen and oxygen atoms in total. The van der Waals surface area contributed by atoms with Crippen molar-refractivity contribution in [2.45, 2.75) is 69.9 Å². The Hall–Kier alpha value is -1.25. The summed E-state index contributed by atoms with van der Waals surface area (Å²) in [6.45, 7) is 10.0. The van der Waals surface area contributed by atoms with Crippen molar-refractivity contribution < 1.29 is 0 Å². The molecule has 0 aliphatic heterocycles. The third kappa shape index (κ3) is 7.25. The zero-order valence-electron chi connectivity index (χ0n) is 16.2. The second-order valence-electron chi connectivity index (χ2n) is 7.79. The van der Waals surface area contributed by atoms with Crippen LogP contribution in [0.2, 0.25) is 0 Å². The van der Waals surface area contributed by atoms with Crippen LogP contribution in [0, 0.1) is 0 Å². The van der Waals surface area contributed by atoms with Crippen molar-refractivity contribution in [1.82, 2.24) is 5.32 Å². The summed E-state index contributed by atoms with van der Waals surface area (Å²) in [4.78, 5) is 1.37. The summed E-state index contributed by atoms with van der Waals surface area (Å²) in [6.07, 6.45) is 3.79. The van der Waals surface area contributed by atoms with E-state index in [4.69, 9.17) is 0 Å². The van der Waals surface area contributed by atoms with Gasteiger partial charge in [-0.25, -0.2) is 0 Å². The molecule has 0 aliphatic rings. The number of rotatable bonds is 9. The van der Waals surface area contributed by atoms with E-state index in [1.807, 2.05) is 11.8 Å². The number of nitrogens with one attached hydrogen (secondary N) is 1. The zero-order chi connectivity index (χ0) is 18.1. The predicted octanol–water partition coefficient (Wildman–Crippen LogP) is 6.42. The lowest BCUT2D eigenvalue weighted by Crippen LogP contribution is -2.30. The third-order valence-corrected chi connectivity index (χ3v) is 5.69. The highest BCUT2D eigenvalue weighted by Crippen LogP contribution is 2.26. The number of unbranched alkanes of at least 4 members (excludes halogenated alkanes) is 1. The Kier molecular flexibility index (Phi) is 8.05. The first kappa shape index (κ1) is 20.1. The first-order valence-electron chi connectivity index (χ1n) is 9.49. The molecule has 2 heteroatoms. The lowest BCUT2D eigenvalue weighted by Gasteiger charge is -2.20. The minimum absolute atomic E-state index is 0.226. The van der Waals surface area contributed by atoms with E-state index in [-0.39, 0.29) is 5.41 Å². The van der Waals surface area contributed by atoms with Gasteiger partial charge in [0, 0.05) is 23.2 Å². The van der Waals surface area contributed by atoms with Crippen LogP contribution in [0.3, 0.4) is 0 Å². The fourth-order valence-corrected chi connectivity index (χ4v) is 3.81. The van der Waals surface area contributed by atoms with Gasteiger partial charge >= 0.3 is 0 Å². The topological polar surface area (TPSA) is 12.0 Å². The van der Waals surface area contributed by atoms with Crippen LogP contribution in [0.5, 0.6) is 0 Å². The molecule has 0 saturated carbocycles. The Balaban J connectivity index is 1.88. The van der Waals surface area contributed by atoms with Crippen LogP contribution in [0.25, 0.3) is 0 Å². The molecule has 0 amide bonds. The molecule has 0 heterocycles. The molecule has 0 bridgehead atoms. The molecule has 2 aromatic carbocycles. The molecule has 1 unspecified atom stereocenters. The molecule has 136 valence electrons. The molecule has 2 aromatic rings. The monoisotopic (exact) mass is 355 g/mol. The van der Waals surface area contributed by atoms with Crippen molar-refractivity contribution in [3.8, 4) is 0 Å². The molecular formula is C23H33NS. The Morgan fingerprint density at radius 1 is 0.960 bits per heavy atom.